The van der Waals surface area contributed by atoms with E-state index in [1.54, 1.807) is 0 Å². The van der Waals surface area contributed by atoms with E-state index < -0.39 is 17.7 Å². The number of phenols is 1. The molecule has 6 heteroatoms. The number of aromatic hydroxyl groups is 1. The first kappa shape index (κ1) is 13.6. The molecule has 0 radical (unpaired) electrons. The summed E-state index contributed by atoms with van der Waals surface area (Å²) in [6.07, 6.45) is -0.113. The van der Waals surface area contributed by atoms with Gasteiger partial charge < -0.3 is 14.9 Å². The minimum absolute atomic E-state index is 0.0348. The summed E-state index contributed by atoms with van der Waals surface area (Å²) < 4.78 is 18.6. The molecule has 0 bridgehead atoms. The molecule has 1 atom stereocenters. The van der Waals surface area contributed by atoms with Crippen LogP contribution >= 0.6 is 11.6 Å². The Hall–Kier alpha value is -1.49. The first-order chi connectivity index (χ1) is 7.88. The zero-order valence-electron chi connectivity index (χ0n) is 9.33. The summed E-state index contributed by atoms with van der Waals surface area (Å²) in [5.41, 5.74) is -0.0348. The van der Waals surface area contributed by atoms with Crippen molar-refractivity contribution in [3.63, 3.8) is 0 Å². The van der Waals surface area contributed by atoms with Crippen LogP contribution in [0.5, 0.6) is 11.5 Å². The van der Waals surface area contributed by atoms with Gasteiger partial charge in [0, 0.05) is 11.6 Å². The number of carbonyl (C=O) groups is 1. The third kappa shape index (κ3) is 2.79. The second-order valence-corrected chi connectivity index (χ2v) is 4.05. The van der Waals surface area contributed by atoms with Gasteiger partial charge in [0.1, 0.15) is 5.82 Å². The number of rotatable bonds is 4. The monoisotopic (exact) mass is 262 g/mol. The highest BCUT2D eigenvalue weighted by Crippen LogP contribution is 2.37. The van der Waals surface area contributed by atoms with Crippen molar-refractivity contribution >= 4 is 17.6 Å². The van der Waals surface area contributed by atoms with E-state index in [2.05, 4.69) is 0 Å². The SMILES string of the molecule is COc1c(O)cc(Cl)c(F)c1CC(C)C(=O)O. The number of halogens is 2. The molecular weight excluding hydrogens is 251 g/mol. The van der Waals surface area contributed by atoms with Gasteiger partial charge in [-0.1, -0.05) is 18.5 Å². The van der Waals surface area contributed by atoms with E-state index in [4.69, 9.17) is 21.4 Å². The topological polar surface area (TPSA) is 66.8 Å². The number of hydrogen-bond acceptors (Lipinski definition) is 3. The molecule has 0 aliphatic rings. The van der Waals surface area contributed by atoms with Gasteiger partial charge in [0.15, 0.2) is 11.5 Å². The summed E-state index contributed by atoms with van der Waals surface area (Å²) in [5.74, 6) is -3.04. The predicted octanol–water partition coefficient (Wildman–Crippen LogP) is 2.46. The summed E-state index contributed by atoms with van der Waals surface area (Å²) in [7, 11) is 1.26. The number of carboxylic acid groups (broad SMARTS) is 1. The van der Waals surface area contributed by atoms with Gasteiger partial charge in [0.2, 0.25) is 0 Å². The smallest absolute Gasteiger partial charge is 0.306 e. The van der Waals surface area contributed by atoms with Gasteiger partial charge in [-0.2, -0.15) is 0 Å². The number of benzene rings is 1. The molecule has 2 N–H and O–H groups in total. The van der Waals surface area contributed by atoms with Crippen molar-refractivity contribution in [2.75, 3.05) is 7.11 Å². The van der Waals surface area contributed by atoms with Crippen molar-refractivity contribution in [2.24, 2.45) is 5.92 Å². The standard InChI is InChI=1S/C11H12ClFO4/c1-5(11(15)16)3-6-9(13)7(12)4-8(14)10(6)17-2/h4-5,14H,3H2,1-2H3,(H,15,16). The Kier molecular flexibility index (Phi) is 4.17. The van der Waals surface area contributed by atoms with Crippen LogP contribution in [-0.4, -0.2) is 23.3 Å². The molecule has 0 amide bonds. The van der Waals surface area contributed by atoms with Gasteiger partial charge in [-0.15, -0.1) is 0 Å². The van der Waals surface area contributed by atoms with Gasteiger partial charge in [-0.3, -0.25) is 4.79 Å². The Bertz CT molecular complexity index is 448. The van der Waals surface area contributed by atoms with E-state index >= 15 is 0 Å². The molecule has 1 unspecified atom stereocenters. The fourth-order valence-electron chi connectivity index (χ4n) is 1.45. The Morgan fingerprint density at radius 2 is 2.24 bits per heavy atom. The van der Waals surface area contributed by atoms with Gasteiger partial charge in [0.25, 0.3) is 0 Å². The van der Waals surface area contributed by atoms with Crippen molar-refractivity contribution in [3.05, 3.63) is 22.5 Å². The lowest BCUT2D eigenvalue weighted by Gasteiger charge is -2.14. The first-order valence-corrected chi connectivity index (χ1v) is 5.22. The zero-order chi connectivity index (χ0) is 13.2. The van der Waals surface area contributed by atoms with Crippen LogP contribution < -0.4 is 4.74 Å². The highest BCUT2D eigenvalue weighted by Gasteiger charge is 2.22. The second kappa shape index (κ2) is 5.23. The average molecular weight is 263 g/mol. The number of carboxylic acids is 1. The Labute approximate surface area is 103 Å². The minimum atomic E-state index is -1.06. The average Bonchev–Trinajstić information content (AvgIpc) is 2.25. The van der Waals surface area contributed by atoms with Crippen LogP contribution in [0.4, 0.5) is 4.39 Å². The van der Waals surface area contributed by atoms with E-state index in [1.165, 1.54) is 14.0 Å². The summed E-state index contributed by atoms with van der Waals surface area (Å²) in [6, 6.07) is 1.02. The van der Waals surface area contributed by atoms with Gasteiger partial charge >= 0.3 is 5.97 Å². The first-order valence-electron chi connectivity index (χ1n) is 4.85. The zero-order valence-corrected chi connectivity index (χ0v) is 10.1. The van der Waals surface area contributed by atoms with Gasteiger partial charge in [0.05, 0.1) is 18.1 Å². The van der Waals surface area contributed by atoms with Crippen LogP contribution in [-0.2, 0) is 11.2 Å². The van der Waals surface area contributed by atoms with Crippen LogP contribution in [0.15, 0.2) is 6.07 Å². The molecular formula is C11H12ClFO4. The fourth-order valence-corrected chi connectivity index (χ4v) is 1.67. The van der Waals surface area contributed by atoms with Crippen LogP contribution in [0, 0.1) is 11.7 Å². The normalized spacial score (nSPS) is 12.2. The Balaban J connectivity index is 3.25. The van der Waals surface area contributed by atoms with Crippen molar-refractivity contribution in [1.29, 1.82) is 0 Å². The van der Waals surface area contributed by atoms with E-state index in [1.807, 2.05) is 0 Å². The van der Waals surface area contributed by atoms with E-state index in [0.717, 1.165) is 6.07 Å². The molecule has 0 fully saturated rings. The maximum Gasteiger partial charge on any atom is 0.306 e. The summed E-state index contributed by atoms with van der Waals surface area (Å²) in [4.78, 5) is 10.7. The van der Waals surface area contributed by atoms with E-state index in [9.17, 15) is 14.3 Å². The molecule has 1 aromatic rings. The molecule has 0 saturated carbocycles. The second-order valence-electron chi connectivity index (χ2n) is 3.65. The molecule has 1 rings (SSSR count). The molecule has 1 aromatic carbocycles. The van der Waals surface area contributed by atoms with Crippen LogP contribution in [0.3, 0.4) is 0 Å². The molecule has 0 aliphatic carbocycles. The summed E-state index contributed by atoms with van der Waals surface area (Å²) >= 11 is 5.57. The summed E-state index contributed by atoms with van der Waals surface area (Å²) in [6.45, 7) is 1.43. The predicted molar refractivity (Wildman–Crippen MR) is 60.1 cm³/mol. The largest absolute Gasteiger partial charge is 0.504 e. The molecule has 4 nitrogen and oxygen atoms in total. The molecule has 0 spiro atoms. The van der Waals surface area contributed by atoms with Crippen molar-refractivity contribution < 1.29 is 24.1 Å². The third-order valence-electron chi connectivity index (χ3n) is 2.38. The van der Waals surface area contributed by atoms with Crippen molar-refractivity contribution in [1.82, 2.24) is 0 Å². The van der Waals surface area contributed by atoms with Gasteiger partial charge in [-0.25, -0.2) is 4.39 Å². The number of phenolic OH excluding ortho intramolecular Hbond substituents is 1. The third-order valence-corrected chi connectivity index (χ3v) is 2.66. The van der Waals surface area contributed by atoms with Crippen LogP contribution in [0.1, 0.15) is 12.5 Å². The maximum atomic E-state index is 13.7. The lowest BCUT2D eigenvalue weighted by Crippen LogP contribution is -2.14. The van der Waals surface area contributed by atoms with Crippen molar-refractivity contribution in [2.45, 2.75) is 13.3 Å². The highest BCUT2D eigenvalue weighted by atomic mass is 35.5. The fraction of sp³-hybridized carbons (Fsp3) is 0.364. The highest BCUT2D eigenvalue weighted by molar-refractivity contribution is 6.31. The van der Waals surface area contributed by atoms with Crippen LogP contribution in [0.2, 0.25) is 5.02 Å². The van der Waals surface area contributed by atoms with Gasteiger partial charge in [-0.05, 0) is 6.42 Å². The van der Waals surface area contributed by atoms with Crippen LogP contribution in [0.25, 0.3) is 0 Å². The number of methoxy groups -OCH3 is 1. The Morgan fingerprint density at radius 3 is 2.71 bits per heavy atom. The number of aliphatic carboxylic acids is 1. The number of hydrogen-bond donors (Lipinski definition) is 2. The molecule has 0 aromatic heterocycles. The molecule has 17 heavy (non-hydrogen) atoms. The molecule has 0 heterocycles. The van der Waals surface area contributed by atoms with E-state index in [-0.39, 0.29) is 28.5 Å². The lowest BCUT2D eigenvalue weighted by molar-refractivity contribution is -0.141. The van der Waals surface area contributed by atoms with Crippen molar-refractivity contribution in [3.8, 4) is 11.5 Å². The molecule has 94 valence electrons. The Morgan fingerprint density at radius 1 is 1.65 bits per heavy atom. The minimum Gasteiger partial charge on any atom is -0.504 e. The lowest BCUT2D eigenvalue weighted by atomic mass is 9.99. The number of ether oxygens (including phenoxy) is 1. The molecule has 0 aliphatic heterocycles. The summed E-state index contributed by atoms with van der Waals surface area (Å²) in [5, 5.41) is 18.0. The molecule has 0 saturated heterocycles. The maximum absolute atomic E-state index is 13.7. The van der Waals surface area contributed by atoms with E-state index in [0.29, 0.717) is 0 Å². The quantitative estimate of drug-likeness (QED) is 0.875.